The summed E-state index contributed by atoms with van der Waals surface area (Å²) in [7, 11) is 1.95. The summed E-state index contributed by atoms with van der Waals surface area (Å²) in [6, 6.07) is 3.62. The number of likely N-dealkylation sites (tertiary alicyclic amines) is 1. The van der Waals surface area contributed by atoms with Crippen LogP contribution in [-0.2, 0) is 21.3 Å². The lowest BCUT2D eigenvalue weighted by molar-refractivity contribution is -0.876. The number of amides is 1. The number of aliphatic hydroxyl groups excluding tert-OH is 1. The Morgan fingerprint density at radius 1 is 1.23 bits per heavy atom. The molecule has 0 saturated carbocycles. The molecule has 6 atom stereocenters. The number of likely N-dealkylation sites (N-methyl/N-ethyl adjacent to an activating group) is 1. The van der Waals surface area contributed by atoms with Crippen molar-refractivity contribution in [2.45, 2.75) is 50.4 Å². The van der Waals surface area contributed by atoms with Crippen molar-refractivity contribution < 1.29 is 38.1 Å². The molecule has 1 aromatic rings. The van der Waals surface area contributed by atoms with E-state index < -0.39 is 23.8 Å². The normalized spacial score (nSPS) is 36.3. The van der Waals surface area contributed by atoms with Gasteiger partial charge in [0.05, 0.1) is 32.2 Å². The molecule has 0 radical (unpaired) electrons. The third kappa shape index (κ3) is 2.61. The van der Waals surface area contributed by atoms with Gasteiger partial charge in [0, 0.05) is 24.3 Å². The predicted octanol–water partition coefficient (Wildman–Crippen LogP) is 2.70. The molecule has 2 heterocycles. The first-order valence-corrected chi connectivity index (χ1v) is 10.9. The van der Waals surface area contributed by atoms with Crippen LogP contribution >= 0.6 is 0 Å². The lowest BCUT2D eigenvalue weighted by atomic mass is 9.53. The number of quaternary nitrogens is 1. The van der Waals surface area contributed by atoms with Crippen molar-refractivity contribution in [1.29, 1.82) is 0 Å². The van der Waals surface area contributed by atoms with E-state index in [2.05, 4.69) is 0 Å². The summed E-state index contributed by atoms with van der Waals surface area (Å²) >= 11 is 0. The lowest BCUT2D eigenvalue weighted by Crippen LogP contribution is -2.72. The highest BCUT2D eigenvalue weighted by Gasteiger charge is 2.69. The Bertz CT molecular complexity index is 975. The maximum Gasteiger partial charge on any atom is 0.516 e. The molecule has 4 aliphatic rings. The molecule has 1 amide bonds. The second kappa shape index (κ2) is 6.97. The topological polar surface area (TPSA) is 91.3 Å². The smallest absolute Gasteiger partial charge is 0.482 e. The van der Waals surface area contributed by atoms with Crippen molar-refractivity contribution in [2.75, 3.05) is 26.8 Å². The SMILES string of the molecule is CCOC(=O)Oc1ccc2c3c1O[C@H]1[C@@H](O)C=C[C@H]4[C@@H](C2)[N+](C)(C(=O)OCC)CC[C@@]341. The highest BCUT2D eigenvalue weighted by molar-refractivity contribution is 5.69. The Morgan fingerprint density at radius 3 is 2.74 bits per heavy atom. The van der Waals surface area contributed by atoms with Gasteiger partial charge in [0.1, 0.15) is 18.2 Å². The van der Waals surface area contributed by atoms with Crippen molar-refractivity contribution in [3.05, 3.63) is 35.4 Å². The van der Waals surface area contributed by atoms with Crippen molar-refractivity contribution in [3.8, 4) is 11.5 Å². The van der Waals surface area contributed by atoms with E-state index in [-0.39, 0.29) is 29.1 Å². The number of hydrogen-bond donors (Lipinski definition) is 1. The maximum absolute atomic E-state index is 13.0. The van der Waals surface area contributed by atoms with Gasteiger partial charge in [-0.15, -0.1) is 0 Å². The Balaban J connectivity index is 1.64. The van der Waals surface area contributed by atoms with E-state index in [0.717, 1.165) is 11.1 Å². The van der Waals surface area contributed by atoms with Gasteiger partial charge in [-0.2, -0.15) is 4.79 Å². The van der Waals surface area contributed by atoms with Crippen molar-refractivity contribution in [2.24, 2.45) is 5.92 Å². The van der Waals surface area contributed by atoms with Gasteiger partial charge in [-0.05, 0) is 25.5 Å². The summed E-state index contributed by atoms with van der Waals surface area (Å²) in [5.41, 5.74) is 1.59. The number of carbonyl (C=O) groups excluding carboxylic acids is 2. The van der Waals surface area contributed by atoms with Gasteiger partial charge >= 0.3 is 12.2 Å². The first kappa shape index (κ1) is 20.3. The molecule has 8 heteroatoms. The zero-order valence-corrected chi connectivity index (χ0v) is 18.0. The summed E-state index contributed by atoms with van der Waals surface area (Å²) < 4.78 is 22.3. The van der Waals surface area contributed by atoms with E-state index in [4.69, 9.17) is 18.9 Å². The van der Waals surface area contributed by atoms with Crippen LogP contribution in [-0.4, -0.2) is 66.9 Å². The molecule has 5 rings (SSSR count). The van der Waals surface area contributed by atoms with E-state index in [0.29, 0.717) is 37.5 Å². The van der Waals surface area contributed by atoms with Gasteiger partial charge in [-0.25, -0.2) is 9.28 Å². The average molecular weight is 430 g/mol. The summed E-state index contributed by atoms with van der Waals surface area (Å²) in [4.78, 5) is 24.9. The first-order chi connectivity index (χ1) is 14.9. The number of piperidine rings is 1. The summed E-state index contributed by atoms with van der Waals surface area (Å²) in [5.74, 6) is 0.809. The molecule has 1 fully saturated rings. The molecular formula is C23H28NO7+. The number of rotatable bonds is 3. The number of aliphatic hydroxyl groups is 1. The lowest BCUT2D eigenvalue weighted by Gasteiger charge is -2.57. The number of ether oxygens (including phenoxy) is 4. The molecule has 2 aliphatic carbocycles. The zero-order chi connectivity index (χ0) is 22.0. The summed E-state index contributed by atoms with van der Waals surface area (Å²) in [6.07, 6.45) is 2.84. The molecular weight excluding hydrogens is 402 g/mol. The summed E-state index contributed by atoms with van der Waals surface area (Å²) in [5, 5.41) is 10.8. The highest BCUT2D eigenvalue weighted by atomic mass is 16.7. The van der Waals surface area contributed by atoms with E-state index in [1.165, 1.54) is 0 Å². The monoisotopic (exact) mass is 430 g/mol. The molecule has 1 N–H and O–H groups in total. The van der Waals surface area contributed by atoms with E-state index in [1.807, 2.05) is 26.1 Å². The first-order valence-electron chi connectivity index (χ1n) is 10.9. The molecule has 1 spiro atoms. The fourth-order valence-corrected chi connectivity index (χ4v) is 6.22. The Hall–Kier alpha value is -2.58. The Labute approximate surface area is 180 Å². The van der Waals surface area contributed by atoms with Crippen LogP contribution in [0.1, 0.15) is 31.4 Å². The Kier molecular flexibility index (Phi) is 4.57. The van der Waals surface area contributed by atoms with Gasteiger partial charge in [-0.3, -0.25) is 0 Å². The fourth-order valence-electron chi connectivity index (χ4n) is 6.22. The van der Waals surface area contributed by atoms with Gasteiger partial charge in [-0.1, -0.05) is 18.2 Å². The van der Waals surface area contributed by atoms with Gasteiger partial charge in [0.2, 0.25) is 0 Å². The Morgan fingerprint density at radius 2 is 2.00 bits per heavy atom. The van der Waals surface area contributed by atoms with Crippen LogP contribution in [0.15, 0.2) is 24.3 Å². The second-order valence-corrected chi connectivity index (χ2v) is 8.90. The molecule has 166 valence electrons. The third-order valence-corrected chi connectivity index (χ3v) is 7.55. The molecule has 2 bridgehead atoms. The molecule has 0 aromatic heterocycles. The van der Waals surface area contributed by atoms with Gasteiger partial charge in [0.25, 0.3) is 0 Å². The molecule has 2 aliphatic heterocycles. The quantitative estimate of drug-likeness (QED) is 0.341. The van der Waals surface area contributed by atoms with E-state index in [9.17, 15) is 14.7 Å². The van der Waals surface area contributed by atoms with Crippen molar-refractivity contribution >= 4 is 12.2 Å². The second-order valence-electron chi connectivity index (χ2n) is 8.90. The average Bonchev–Trinajstić information content (AvgIpc) is 3.10. The zero-order valence-electron chi connectivity index (χ0n) is 18.0. The van der Waals surface area contributed by atoms with Crippen LogP contribution in [0.5, 0.6) is 11.5 Å². The molecule has 31 heavy (non-hydrogen) atoms. The van der Waals surface area contributed by atoms with Gasteiger partial charge in [0.15, 0.2) is 11.5 Å². The van der Waals surface area contributed by atoms with Crippen LogP contribution in [0, 0.1) is 5.92 Å². The fraction of sp³-hybridized carbons (Fsp3) is 0.565. The van der Waals surface area contributed by atoms with Crippen LogP contribution in [0.2, 0.25) is 0 Å². The number of hydrogen-bond acceptors (Lipinski definition) is 7. The minimum atomic E-state index is -0.787. The number of benzene rings is 1. The van der Waals surface area contributed by atoms with Gasteiger partial charge < -0.3 is 24.1 Å². The third-order valence-electron chi connectivity index (χ3n) is 7.55. The minimum absolute atomic E-state index is 0.00403. The highest BCUT2D eigenvalue weighted by Crippen LogP contribution is 2.63. The maximum atomic E-state index is 13.0. The van der Waals surface area contributed by atoms with Crippen molar-refractivity contribution in [3.63, 3.8) is 0 Å². The minimum Gasteiger partial charge on any atom is -0.482 e. The molecule has 8 nitrogen and oxygen atoms in total. The van der Waals surface area contributed by atoms with E-state index >= 15 is 0 Å². The predicted molar refractivity (Wildman–Crippen MR) is 109 cm³/mol. The molecule has 1 saturated heterocycles. The number of nitrogens with zero attached hydrogens (tertiary/aromatic N) is 1. The number of carbonyl (C=O) groups is 2. The largest absolute Gasteiger partial charge is 0.516 e. The van der Waals surface area contributed by atoms with Crippen LogP contribution < -0.4 is 9.47 Å². The van der Waals surface area contributed by atoms with Crippen LogP contribution in [0.4, 0.5) is 9.59 Å². The van der Waals surface area contributed by atoms with Crippen LogP contribution in [0.3, 0.4) is 0 Å². The standard InChI is InChI=1S/C23H28NO7/c1-4-28-21(26)24(3)11-10-23-14-7-8-16(25)20(23)31-19-17(30-22(27)29-5-2)9-6-13(18(19)23)12-15(14)24/h6-9,14-16,20,25H,4-5,10-12H2,1-3H3/q+1/t14-,15+,16-,20-,23-,24?/m0/s1. The van der Waals surface area contributed by atoms with Crippen molar-refractivity contribution in [1.82, 2.24) is 0 Å². The molecule has 1 aromatic carbocycles. The summed E-state index contributed by atoms with van der Waals surface area (Å²) in [6.45, 7) is 4.67. The molecule has 1 unspecified atom stereocenters. The van der Waals surface area contributed by atoms with Crippen LogP contribution in [0.25, 0.3) is 0 Å². The van der Waals surface area contributed by atoms with E-state index in [1.54, 1.807) is 19.1 Å².